The van der Waals surface area contributed by atoms with Crippen molar-refractivity contribution in [2.45, 2.75) is 38.1 Å². The number of ether oxygens (including phenoxy) is 1. The number of nitrogens with zero attached hydrogens (tertiary/aromatic N) is 2. The molecule has 1 aromatic carbocycles. The van der Waals surface area contributed by atoms with Gasteiger partial charge in [-0.15, -0.1) is 0 Å². The number of hydrogen-bond acceptors (Lipinski definition) is 6. The standard InChI is InChI=1S/C20H24FN5O5S/c1-12(14-4-5-16(21)17(6-14)31-10-13-2-3-13)25-32(29,30)11-18-22-7-15(23-18)8-26-9-19(27)24-20(26)28/h4-7,12-13,25H,2-3,8-11H2,1H3,(H,22,23)(H,24,27,28). The van der Waals surface area contributed by atoms with Gasteiger partial charge in [0.2, 0.25) is 15.9 Å². The van der Waals surface area contributed by atoms with Crippen LogP contribution in [0.3, 0.4) is 0 Å². The Kier molecular flexibility index (Phi) is 6.15. The molecule has 12 heteroatoms. The van der Waals surface area contributed by atoms with Gasteiger partial charge in [-0.1, -0.05) is 6.07 Å². The molecule has 32 heavy (non-hydrogen) atoms. The predicted molar refractivity (Wildman–Crippen MR) is 111 cm³/mol. The molecule has 2 aromatic rings. The lowest BCUT2D eigenvalue weighted by Gasteiger charge is -2.16. The quantitative estimate of drug-likeness (QED) is 0.456. The molecule has 1 saturated carbocycles. The van der Waals surface area contributed by atoms with Crippen LogP contribution in [0.1, 0.15) is 42.9 Å². The van der Waals surface area contributed by atoms with Crippen molar-refractivity contribution in [2.75, 3.05) is 13.2 Å². The van der Waals surface area contributed by atoms with E-state index in [1.807, 2.05) is 0 Å². The number of H-pyrrole nitrogens is 1. The Labute approximate surface area is 184 Å². The molecule has 1 atom stereocenters. The summed E-state index contributed by atoms with van der Waals surface area (Å²) in [5, 5.41) is 2.17. The summed E-state index contributed by atoms with van der Waals surface area (Å²) < 4.78 is 47.3. The Balaban J connectivity index is 1.36. The summed E-state index contributed by atoms with van der Waals surface area (Å²) in [6, 6.07) is 3.17. The van der Waals surface area contributed by atoms with Gasteiger partial charge < -0.3 is 14.6 Å². The lowest BCUT2D eigenvalue weighted by atomic mass is 10.1. The van der Waals surface area contributed by atoms with Gasteiger partial charge in [0.1, 0.15) is 18.1 Å². The number of urea groups is 1. The van der Waals surface area contributed by atoms with E-state index in [1.165, 1.54) is 29.3 Å². The Morgan fingerprint density at radius 3 is 2.81 bits per heavy atom. The van der Waals surface area contributed by atoms with Crippen molar-refractivity contribution in [1.82, 2.24) is 24.9 Å². The topological polar surface area (TPSA) is 133 Å². The van der Waals surface area contributed by atoms with E-state index >= 15 is 0 Å². The summed E-state index contributed by atoms with van der Waals surface area (Å²) in [5.74, 6) is -0.515. The molecule has 2 heterocycles. The number of imidazole rings is 1. The molecule has 3 amide bonds. The number of aromatic nitrogens is 2. The van der Waals surface area contributed by atoms with Crippen molar-refractivity contribution >= 4 is 22.0 Å². The summed E-state index contributed by atoms with van der Waals surface area (Å²) in [7, 11) is -3.78. The number of halogens is 1. The molecule has 1 saturated heterocycles. The van der Waals surface area contributed by atoms with E-state index in [1.54, 1.807) is 6.92 Å². The second-order valence-corrected chi connectivity index (χ2v) is 9.86. The molecule has 172 valence electrons. The average molecular weight is 466 g/mol. The first-order valence-electron chi connectivity index (χ1n) is 10.2. The maximum absolute atomic E-state index is 14.0. The van der Waals surface area contributed by atoms with Gasteiger partial charge in [-0.25, -0.2) is 27.3 Å². The highest BCUT2D eigenvalue weighted by atomic mass is 32.2. The monoisotopic (exact) mass is 465 g/mol. The molecule has 3 N–H and O–H groups in total. The Hall–Kier alpha value is -2.99. The van der Waals surface area contributed by atoms with Gasteiger partial charge in [0.05, 0.1) is 25.0 Å². The summed E-state index contributed by atoms with van der Waals surface area (Å²) in [6.07, 6.45) is 3.58. The van der Waals surface area contributed by atoms with Gasteiger partial charge >= 0.3 is 6.03 Å². The van der Waals surface area contributed by atoms with Crippen molar-refractivity contribution in [3.8, 4) is 5.75 Å². The minimum Gasteiger partial charge on any atom is -0.490 e. The van der Waals surface area contributed by atoms with E-state index in [-0.39, 0.29) is 24.7 Å². The number of amides is 3. The third kappa shape index (κ3) is 5.62. The van der Waals surface area contributed by atoms with Crippen LogP contribution in [0.15, 0.2) is 24.4 Å². The Morgan fingerprint density at radius 2 is 2.12 bits per heavy atom. The van der Waals surface area contributed by atoms with Gasteiger partial charge in [0.15, 0.2) is 11.6 Å². The predicted octanol–water partition coefficient (Wildman–Crippen LogP) is 1.57. The van der Waals surface area contributed by atoms with Crippen molar-refractivity contribution in [3.05, 3.63) is 47.3 Å². The normalized spacial score (nSPS) is 17.5. The van der Waals surface area contributed by atoms with E-state index in [2.05, 4.69) is 20.0 Å². The third-order valence-electron chi connectivity index (χ3n) is 5.22. The van der Waals surface area contributed by atoms with Crippen molar-refractivity contribution < 1.29 is 27.1 Å². The first kappa shape index (κ1) is 22.2. The molecule has 1 unspecified atom stereocenters. The average Bonchev–Trinajstić information content (AvgIpc) is 3.36. The number of benzene rings is 1. The van der Waals surface area contributed by atoms with Gasteiger partial charge in [-0.3, -0.25) is 10.1 Å². The van der Waals surface area contributed by atoms with Crippen LogP contribution >= 0.6 is 0 Å². The molecule has 1 aliphatic carbocycles. The minimum atomic E-state index is -3.78. The number of imide groups is 1. The lowest BCUT2D eigenvalue weighted by Crippen LogP contribution is -2.29. The van der Waals surface area contributed by atoms with Gasteiger partial charge in [0, 0.05) is 6.04 Å². The maximum Gasteiger partial charge on any atom is 0.324 e. The first-order valence-corrected chi connectivity index (χ1v) is 11.9. The third-order valence-corrected chi connectivity index (χ3v) is 6.59. The zero-order valence-electron chi connectivity index (χ0n) is 17.4. The first-order chi connectivity index (χ1) is 15.2. The highest BCUT2D eigenvalue weighted by Crippen LogP contribution is 2.31. The van der Waals surface area contributed by atoms with Crippen LogP contribution in [0.5, 0.6) is 5.75 Å². The van der Waals surface area contributed by atoms with Crippen molar-refractivity contribution in [1.29, 1.82) is 0 Å². The molecule has 0 bridgehead atoms. The molecule has 4 rings (SSSR count). The maximum atomic E-state index is 14.0. The number of aromatic amines is 1. The molecular weight excluding hydrogens is 441 g/mol. The fourth-order valence-electron chi connectivity index (χ4n) is 3.33. The summed E-state index contributed by atoms with van der Waals surface area (Å²) in [5.41, 5.74) is 1.08. The number of carbonyl (C=O) groups is 2. The Morgan fingerprint density at radius 1 is 1.34 bits per heavy atom. The van der Waals surface area contributed by atoms with Gasteiger partial charge in [0.25, 0.3) is 0 Å². The SMILES string of the molecule is CC(NS(=O)(=O)Cc1ncc(CN2CC(=O)NC2=O)[nH]1)c1ccc(F)c(OCC2CC2)c1. The Bertz CT molecular complexity index is 1130. The van der Waals surface area contributed by atoms with Crippen LogP contribution in [0.4, 0.5) is 9.18 Å². The molecule has 0 spiro atoms. The van der Waals surface area contributed by atoms with E-state index in [4.69, 9.17) is 4.74 Å². The number of nitrogens with one attached hydrogen (secondary N) is 3. The zero-order valence-corrected chi connectivity index (χ0v) is 18.2. The zero-order chi connectivity index (χ0) is 22.9. The molecule has 0 radical (unpaired) electrons. The molecule has 1 aliphatic heterocycles. The lowest BCUT2D eigenvalue weighted by molar-refractivity contribution is -0.118. The fraction of sp³-hybridized carbons (Fsp3) is 0.450. The van der Waals surface area contributed by atoms with Gasteiger partial charge in [-0.05, 0) is 43.4 Å². The van der Waals surface area contributed by atoms with Crippen LogP contribution in [-0.4, -0.2) is 48.4 Å². The molecule has 2 fully saturated rings. The molecular formula is C20H24FN5O5S. The fourth-order valence-corrected chi connectivity index (χ4v) is 4.59. The van der Waals surface area contributed by atoms with E-state index in [9.17, 15) is 22.4 Å². The largest absolute Gasteiger partial charge is 0.490 e. The highest BCUT2D eigenvalue weighted by molar-refractivity contribution is 7.88. The molecule has 10 nitrogen and oxygen atoms in total. The minimum absolute atomic E-state index is 0.0609. The van der Waals surface area contributed by atoms with E-state index in [0.29, 0.717) is 23.8 Å². The van der Waals surface area contributed by atoms with E-state index < -0.39 is 39.6 Å². The van der Waals surface area contributed by atoms with Crippen molar-refractivity contribution in [3.63, 3.8) is 0 Å². The second-order valence-electron chi connectivity index (χ2n) is 8.11. The van der Waals surface area contributed by atoms with Gasteiger partial charge in [-0.2, -0.15) is 0 Å². The van der Waals surface area contributed by atoms with Crippen LogP contribution in [-0.2, 0) is 27.1 Å². The van der Waals surface area contributed by atoms with Crippen LogP contribution < -0.4 is 14.8 Å². The van der Waals surface area contributed by atoms with Crippen LogP contribution in [0, 0.1) is 11.7 Å². The van der Waals surface area contributed by atoms with Crippen LogP contribution in [0.25, 0.3) is 0 Å². The molecule has 1 aromatic heterocycles. The highest BCUT2D eigenvalue weighted by Gasteiger charge is 2.27. The number of sulfonamides is 1. The second kappa shape index (κ2) is 8.87. The summed E-state index contributed by atoms with van der Waals surface area (Å²) >= 11 is 0. The number of hydrogen-bond donors (Lipinski definition) is 3. The summed E-state index contributed by atoms with van der Waals surface area (Å²) in [4.78, 5) is 31.1. The number of carbonyl (C=O) groups excluding carboxylic acids is 2. The number of rotatable bonds is 10. The van der Waals surface area contributed by atoms with E-state index in [0.717, 1.165) is 12.8 Å². The smallest absolute Gasteiger partial charge is 0.324 e. The van der Waals surface area contributed by atoms with Crippen molar-refractivity contribution in [2.24, 2.45) is 5.92 Å². The molecule has 2 aliphatic rings. The van der Waals surface area contributed by atoms with Crippen LogP contribution in [0.2, 0.25) is 0 Å². The summed E-state index contributed by atoms with van der Waals surface area (Å²) in [6.45, 7) is 2.16.